The lowest BCUT2D eigenvalue weighted by atomic mass is 10.0. The molecule has 0 atom stereocenters. The van der Waals surface area contributed by atoms with Gasteiger partial charge in [0.05, 0.1) is 6.61 Å². The third-order valence-corrected chi connectivity index (χ3v) is 4.73. The monoisotopic (exact) mass is 366 g/mol. The van der Waals surface area contributed by atoms with E-state index in [9.17, 15) is 9.59 Å². The minimum atomic E-state index is -0.529. The Bertz CT molecular complexity index is 921. The third-order valence-electron chi connectivity index (χ3n) is 3.72. The highest BCUT2D eigenvalue weighted by atomic mass is 32.1. The van der Waals surface area contributed by atoms with E-state index < -0.39 is 5.97 Å². The van der Waals surface area contributed by atoms with Gasteiger partial charge in [0.15, 0.2) is 0 Å². The van der Waals surface area contributed by atoms with Crippen molar-refractivity contribution in [1.82, 2.24) is 0 Å². The highest BCUT2D eigenvalue weighted by Crippen LogP contribution is 2.39. The minimum Gasteiger partial charge on any atom is -0.462 e. The molecule has 0 radical (unpaired) electrons. The number of benzene rings is 2. The summed E-state index contributed by atoms with van der Waals surface area (Å²) in [5.74, 6) is -0.846. The molecule has 0 bridgehead atoms. The first-order valence-corrected chi connectivity index (χ1v) is 8.94. The maximum atomic E-state index is 12.8. The molecule has 26 heavy (non-hydrogen) atoms. The standard InChI is InChI=1S/C20H18N2O3S/c1-2-25-20(24)16-15(13-9-5-3-6-10-13)17(26-18(16)21)19(23)22-14-11-7-4-8-12-14/h3-12H,2,21H2,1H3,(H,22,23). The fourth-order valence-corrected chi connectivity index (χ4v) is 3.58. The van der Waals surface area contributed by atoms with Gasteiger partial charge in [-0.05, 0) is 24.6 Å². The van der Waals surface area contributed by atoms with Gasteiger partial charge in [-0.15, -0.1) is 11.3 Å². The maximum Gasteiger partial charge on any atom is 0.341 e. The van der Waals surface area contributed by atoms with Gasteiger partial charge in [0.25, 0.3) is 5.91 Å². The molecule has 0 aliphatic heterocycles. The van der Waals surface area contributed by atoms with Crippen molar-refractivity contribution in [3.8, 4) is 11.1 Å². The Morgan fingerprint density at radius 1 is 1.04 bits per heavy atom. The van der Waals surface area contributed by atoms with Crippen LogP contribution in [0.2, 0.25) is 0 Å². The number of hydrogen-bond donors (Lipinski definition) is 2. The molecule has 2 aromatic carbocycles. The number of nitrogens with one attached hydrogen (secondary N) is 1. The van der Waals surface area contributed by atoms with Crippen molar-refractivity contribution in [3.63, 3.8) is 0 Å². The lowest BCUT2D eigenvalue weighted by Gasteiger charge is -2.09. The molecule has 1 aromatic heterocycles. The van der Waals surface area contributed by atoms with E-state index in [2.05, 4.69) is 5.32 Å². The van der Waals surface area contributed by atoms with E-state index in [1.54, 1.807) is 19.1 Å². The average molecular weight is 366 g/mol. The SMILES string of the molecule is CCOC(=O)c1c(N)sc(C(=O)Nc2ccccc2)c1-c1ccccc1. The molecule has 0 aliphatic rings. The lowest BCUT2D eigenvalue weighted by molar-refractivity contribution is 0.0529. The van der Waals surface area contributed by atoms with E-state index in [-0.39, 0.29) is 23.1 Å². The van der Waals surface area contributed by atoms with Crippen LogP contribution in [0.3, 0.4) is 0 Å². The summed E-state index contributed by atoms with van der Waals surface area (Å²) in [6, 6.07) is 18.4. The summed E-state index contributed by atoms with van der Waals surface area (Å²) in [7, 11) is 0. The van der Waals surface area contributed by atoms with Crippen molar-refractivity contribution in [2.45, 2.75) is 6.92 Å². The van der Waals surface area contributed by atoms with E-state index in [1.165, 1.54) is 0 Å². The summed E-state index contributed by atoms with van der Waals surface area (Å²) < 4.78 is 5.14. The highest BCUT2D eigenvalue weighted by molar-refractivity contribution is 7.19. The van der Waals surface area contributed by atoms with Crippen molar-refractivity contribution in [1.29, 1.82) is 0 Å². The van der Waals surface area contributed by atoms with Gasteiger partial charge >= 0.3 is 5.97 Å². The molecule has 0 saturated carbocycles. The summed E-state index contributed by atoms with van der Waals surface area (Å²) >= 11 is 1.08. The predicted molar refractivity (Wildman–Crippen MR) is 105 cm³/mol. The van der Waals surface area contributed by atoms with E-state index in [4.69, 9.17) is 10.5 Å². The van der Waals surface area contributed by atoms with Crippen molar-refractivity contribution in [3.05, 3.63) is 71.1 Å². The normalized spacial score (nSPS) is 10.3. The number of amides is 1. The molecule has 3 aromatic rings. The summed E-state index contributed by atoms with van der Waals surface area (Å²) in [6.45, 7) is 1.96. The largest absolute Gasteiger partial charge is 0.462 e. The maximum absolute atomic E-state index is 12.8. The molecule has 0 saturated heterocycles. The van der Waals surface area contributed by atoms with Crippen LogP contribution < -0.4 is 11.1 Å². The molecule has 1 amide bonds. The zero-order valence-corrected chi connectivity index (χ0v) is 15.0. The number of hydrogen-bond acceptors (Lipinski definition) is 5. The minimum absolute atomic E-state index is 0.230. The number of anilines is 2. The molecule has 0 unspecified atom stereocenters. The lowest BCUT2D eigenvalue weighted by Crippen LogP contribution is -2.12. The number of carbonyl (C=O) groups is 2. The van der Waals surface area contributed by atoms with Gasteiger partial charge in [0.2, 0.25) is 0 Å². The molecule has 0 spiro atoms. The number of nitrogens with two attached hydrogens (primary N) is 1. The second kappa shape index (κ2) is 7.84. The van der Waals surface area contributed by atoms with Crippen LogP contribution in [-0.4, -0.2) is 18.5 Å². The van der Waals surface area contributed by atoms with Crippen LogP contribution >= 0.6 is 11.3 Å². The second-order valence-corrected chi connectivity index (χ2v) is 6.50. The van der Waals surface area contributed by atoms with Crippen LogP contribution in [0.4, 0.5) is 10.7 Å². The average Bonchev–Trinajstić information content (AvgIpc) is 3.01. The Morgan fingerprint density at radius 3 is 2.27 bits per heavy atom. The second-order valence-electron chi connectivity index (χ2n) is 5.45. The van der Waals surface area contributed by atoms with Crippen molar-refractivity contribution in [2.24, 2.45) is 0 Å². The molecule has 132 valence electrons. The smallest absolute Gasteiger partial charge is 0.341 e. The van der Waals surface area contributed by atoms with Gasteiger partial charge in [0.1, 0.15) is 15.4 Å². The summed E-state index contributed by atoms with van der Waals surface area (Å²) in [5.41, 5.74) is 8.22. The first kappa shape index (κ1) is 17.7. The number of thiophene rings is 1. The molecule has 0 fully saturated rings. The number of nitrogen functional groups attached to an aromatic ring is 1. The first-order valence-electron chi connectivity index (χ1n) is 8.13. The third kappa shape index (κ3) is 3.60. The number of carbonyl (C=O) groups excluding carboxylic acids is 2. The molecule has 5 nitrogen and oxygen atoms in total. The van der Waals surface area contributed by atoms with Gasteiger partial charge in [0, 0.05) is 11.3 Å². The molecule has 1 heterocycles. The van der Waals surface area contributed by atoms with Crippen LogP contribution in [0.15, 0.2) is 60.7 Å². The van der Waals surface area contributed by atoms with Gasteiger partial charge in [-0.3, -0.25) is 4.79 Å². The van der Waals surface area contributed by atoms with E-state index in [1.807, 2.05) is 48.5 Å². The van der Waals surface area contributed by atoms with E-state index >= 15 is 0 Å². The molecular weight excluding hydrogens is 348 g/mol. The Hall–Kier alpha value is -3.12. The molecule has 0 aliphatic carbocycles. The van der Waals surface area contributed by atoms with Crippen molar-refractivity contribution in [2.75, 3.05) is 17.7 Å². The summed E-state index contributed by atoms with van der Waals surface area (Å²) in [5, 5.41) is 3.11. The molecular formula is C20H18N2O3S. The van der Waals surface area contributed by atoms with E-state index in [0.717, 1.165) is 16.9 Å². The van der Waals surface area contributed by atoms with Crippen LogP contribution in [0.25, 0.3) is 11.1 Å². The Kier molecular flexibility index (Phi) is 5.34. The fraction of sp³-hybridized carbons (Fsp3) is 0.100. The van der Waals surface area contributed by atoms with Crippen LogP contribution in [0, 0.1) is 0 Å². The molecule has 3 N–H and O–H groups in total. The molecule has 3 rings (SSSR count). The topological polar surface area (TPSA) is 81.4 Å². The number of rotatable bonds is 5. The van der Waals surface area contributed by atoms with Gasteiger partial charge in [-0.25, -0.2) is 4.79 Å². The Morgan fingerprint density at radius 2 is 1.65 bits per heavy atom. The van der Waals surface area contributed by atoms with Crippen LogP contribution in [0.5, 0.6) is 0 Å². The van der Waals surface area contributed by atoms with Gasteiger partial charge in [-0.1, -0.05) is 48.5 Å². The number of ether oxygens (including phenoxy) is 1. The van der Waals surface area contributed by atoms with Crippen molar-refractivity contribution >= 4 is 33.9 Å². The fourth-order valence-electron chi connectivity index (χ4n) is 2.60. The van der Waals surface area contributed by atoms with Gasteiger partial charge in [-0.2, -0.15) is 0 Å². The highest BCUT2D eigenvalue weighted by Gasteiger charge is 2.27. The number of para-hydroxylation sites is 1. The first-order chi connectivity index (χ1) is 12.6. The zero-order valence-electron chi connectivity index (χ0n) is 14.2. The molecule has 6 heteroatoms. The summed E-state index contributed by atoms with van der Waals surface area (Å²) in [4.78, 5) is 25.6. The Balaban J connectivity index is 2.09. The van der Waals surface area contributed by atoms with Crippen LogP contribution in [0.1, 0.15) is 27.0 Å². The zero-order chi connectivity index (χ0) is 18.5. The number of esters is 1. The van der Waals surface area contributed by atoms with Crippen molar-refractivity contribution < 1.29 is 14.3 Å². The Labute approximate surface area is 155 Å². The quantitative estimate of drug-likeness (QED) is 0.655. The van der Waals surface area contributed by atoms with Crippen LogP contribution in [-0.2, 0) is 4.74 Å². The predicted octanol–water partition coefficient (Wildman–Crippen LogP) is 4.43. The summed E-state index contributed by atoms with van der Waals surface area (Å²) in [6.07, 6.45) is 0. The van der Waals surface area contributed by atoms with Gasteiger partial charge < -0.3 is 15.8 Å². The van der Waals surface area contributed by atoms with E-state index in [0.29, 0.717) is 16.1 Å².